The van der Waals surface area contributed by atoms with Crippen molar-refractivity contribution in [2.45, 2.75) is 44.2 Å². The Morgan fingerprint density at radius 1 is 1.08 bits per heavy atom. The number of likely N-dealkylation sites (tertiary alicyclic amines) is 1. The van der Waals surface area contributed by atoms with Crippen molar-refractivity contribution in [1.82, 2.24) is 14.9 Å². The molecule has 24 heavy (non-hydrogen) atoms. The molecule has 0 bridgehead atoms. The summed E-state index contributed by atoms with van der Waals surface area (Å²) in [5.74, 6) is 0.611. The Labute approximate surface area is 141 Å². The van der Waals surface area contributed by atoms with Crippen LogP contribution < -0.4 is 4.74 Å². The minimum Gasteiger partial charge on any atom is -0.474 e. The van der Waals surface area contributed by atoms with Crippen molar-refractivity contribution < 1.29 is 9.53 Å². The van der Waals surface area contributed by atoms with Crippen LogP contribution >= 0.6 is 0 Å². The van der Waals surface area contributed by atoms with Crippen LogP contribution in [0.1, 0.15) is 54.1 Å². The first-order valence-electron chi connectivity index (χ1n) is 8.65. The van der Waals surface area contributed by atoms with E-state index in [1.54, 1.807) is 30.7 Å². The number of ether oxygens (including phenoxy) is 1. The number of rotatable bonds is 4. The summed E-state index contributed by atoms with van der Waals surface area (Å²) in [6.45, 7) is 0.785. The van der Waals surface area contributed by atoms with E-state index in [0.29, 0.717) is 11.4 Å². The molecule has 1 saturated carbocycles. The Bertz CT molecular complexity index is 716. The van der Waals surface area contributed by atoms with Gasteiger partial charge in [0.1, 0.15) is 6.10 Å². The first-order chi connectivity index (χ1) is 11.8. The molecule has 0 aromatic carbocycles. The average molecular weight is 323 g/mol. The van der Waals surface area contributed by atoms with Crippen molar-refractivity contribution in [2.24, 2.45) is 0 Å². The van der Waals surface area contributed by atoms with Crippen molar-refractivity contribution in [2.75, 3.05) is 6.54 Å². The van der Waals surface area contributed by atoms with Gasteiger partial charge in [-0.25, -0.2) is 4.98 Å². The molecular weight excluding hydrogens is 302 g/mol. The van der Waals surface area contributed by atoms with Crippen molar-refractivity contribution in [3.8, 4) is 5.88 Å². The fourth-order valence-electron chi connectivity index (χ4n) is 3.37. The van der Waals surface area contributed by atoms with Crippen LogP contribution in [-0.2, 0) is 0 Å². The highest BCUT2D eigenvalue weighted by Crippen LogP contribution is 2.33. The molecule has 0 spiro atoms. The zero-order chi connectivity index (χ0) is 16.4. The first kappa shape index (κ1) is 15.1. The van der Waals surface area contributed by atoms with E-state index in [9.17, 15) is 4.79 Å². The minimum atomic E-state index is 0.0511. The number of carbonyl (C=O) groups excluding carboxylic acids is 1. The third-order valence-electron chi connectivity index (χ3n) is 4.93. The fourth-order valence-corrected chi connectivity index (χ4v) is 3.37. The summed E-state index contributed by atoms with van der Waals surface area (Å²) < 4.78 is 5.83. The summed E-state index contributed by atoms with van der Waals surface area (Å²) in [5.41, 5.74) is 1.80. The zero-order valence-corrected chi connectivity index (χ0v) is 13.6. The highest BCUT2D eigenvalue weighted by Gasteiger charge is 2.31. The summed E-state index contributed by atoms with van der Waals surface area (Å²) in [7, 11) is 0. The van der Waals surface area contributed by atoms with Crippen LogP contribution in [0.25, 0.3) is 0 Å². The molecule has 5 heteroatoms. The fraction of sp³-hybridized carbons (Fsp3) is 0.421. The van der Waals surface area contributed by atoms with E-state index in [2.05, 4.69) is 9.97 Å². The van der Waals surface area contributed by atoms with Crippen LogP contribution in [-0.4, -0.2) is 33.4 Å². The molecule has 0 radical (unpaired) electrons. The van der Waals surface area contributed by atoms with E-state index in [1.165, 1.54) is 6.42 Å². The summed E-state index contributed by atoms with van der Waals surface area (Å²) in [4.78, 5) is 23.3. The van der Waals surface area contributed by atoms with Gasteiger partial charge in [-0.2, -0.15) is 0 Å². The van der Waals surface area contributed by atoms with Gasteiger partial charge in [-0.15, -0.1) is 0 Å². The zero-order valence-electron chi connectivity index (χ0n) is 13.6. The molecule has 2 aliphatic rings. The average Bonchev–Trinajstić information content (AvgIpc) is 3.08. The van der Waals surface area contributed by atoms with Gasteiger partial charge in [0.05, 0.1) is 6.04 Å². The normalized spacial score (nSPS) is 20.7. The van der Waals surface area contributed by atoms with Gasteiger partial charge < -0.3 is 9.64 Å². The molecule has 1 aliphatic carbocycles. The molecule has 1 saturated heterocycles. The minimum absolute atomic E-state index is 0.0511. The van der Waals surface area contributed by atoms with E-state index >= 15 is 0 Å². The van der Waals surface area contributed by atoms with Gasteiger partial charge in [-0.1, -0.05) is 0 Å². The Balaban J connectivity index is 1.53. The molecular formula is C19H21N3O2. The number of nitrogens with zero attached hydrogens (tertiary/aromatic N) is 3. The van der Waals surface area contributed by atoms with Gasteiger partial charge in [-0.05, 0) is 55.9 Å². The monoisotopic (exact) mass is 323 g/mol. The highest BCUT2D eigenvalue weighted by atomic mass is 16.5. The van der Waals surface area contributed by atoms with Gasteiger partial charge in [0.2, 0.25) is 5.88 Å². The highest BCUT2D eigenvalue weighted by molar-refractivity contribution is 5.94. The lowest BCUT2D eigenvalue weighted by Gasteiger charge is -2.27. The smallest absolute Gasteiger partial charge is 0.254 e. The molecule has 124 valence electrons. The van der Waals surface area contributed by atoms with Crippen LogP contribution in [0.3, 0.4) is 0 Å². The van der Waals surface area contributed by atoms with Crippen molar-refractivity contribution in [1.29, 1.82) is 0 Å². The molecule has 0 N–H and O–H groups in total. The van der Waals surface area contributed by atoms with Gasteiger partial charge >= 0.3 is 0 Å². The maximum atomic E-state index is 13.0. The number of hydrogen-bond donors (Lipinski definition) is 0. The van der Waals surface area contributed by atoms with Crippen LogP contribution in [0, 0.1) is 0 Å². The molecule has 4 rings (SSSR count). The van der Waals surface area contributed by atoms with E-state index < -0.39 is 0 Å². The lowest BCUT2D eigenvalue weighted by atomic mass is 9.96. The van der Waals surface area contributed by atoms with Crippen LogP contribution in [0.5, 0.6) is 5.88 Å². The number of hydrogen-bond acceptors (Lipinski definition) is 4. The van der Waals surface area contributed by atoms with Gasteiger partial charge in [0.15, 0.2) is 0 Å². The van der Waals surface area contributed by atoms with Crippen molar-refractivity contribution in [3.05, 3.63) is 54.0 Å². The van der Waals surface area contributed by atoms with E-state index in [0.717, 1.165) is 37.8 Å². The molecule has 2 aromatic rings. The first-order valence-corrected chi connectivity index (χ1v) is 8.65. The molecule has 1 unspecified atom stereocenters. The summed E-state index contributed by atoms with van der Waals surface area (Å²) in [6.07, 6.45) is 10.9. The second kappa shape index (κ2) is 6.59. The maximum absolute atomic E-state index is 13.0. The third-order valence-corrected chi connectivity index (χ3v) is 4.93. The lowest BCUT2D eigenvalue weighted by molar-refractivity contribution is 0.0732. The van der Waals surface area contributed by atoms with Gasteiger partial charge in [0.25, 0.3) is 5.91 Å². The molecule has 3 heterocycles. The summed E-state index contributed by atoms with van der Waals surface area (Å²) in [5, 5.41) is 0. The molecule has 1 aliphatic heterocycles. The third kappa shape index (κ3) is 2.98. The Kier molecular flexibility index (Phi) is 4.15. The van der Waals surface area contributed by atoms with E-state index in [4.69, 9.17) is 4.74 Å². The SMILES string of the molecule is O=C(c1ccnc(OC2CCC2)c1)N1CCCC1c1ccncc1. The molecule has 1 atom stereocenters. The Hall–Kier alpha value is -2.43. The number of aromatic nitrogens is 2. The Morgan fingerprint density at radius 3 is 2.67 bits per heavy atom. The topological polar surface area (TPSA) is 55.3 Å². The van der Waals surface area contributed by atoms with Gasteiger partial charge in [-0.3, -0.25) is 9.78 Å². The van der Waals surface area contributed by atoms with Crippen molar-refractivity contribution in [3.63, 3.8) is 0 Å². The van der Waals surface area contributed by atoms with Gasteiger partial charge in [0, 0.05) is 36.8 Å². The molecule has 5 nitrogen and oxygen atoms in total. The molecule has 2 fully saturated rings. The predicted molar refractivity (Wildman–Crippen MR) is 89.8 cm³/mol. The second-order valence-electron chi connectivity index (χ2n) is 6.49. The van der Waals surface area contributed by atoms with Crippen molar-refractivity contribution >= 4 is 5.91 Å². The maximum Gasteiger partial charge on any atom is 0.254 e. The quantitative estimate of drug-likeness (QED) is 0.865. The predicted octanol–water partition coefficient (Wildman–Crippen LogP) is 3.39. The molecule has 1 amide bonds. The largest absolute Gasteiger partial charge is 0.474 e. The lowest BCUT2D eigenvalue weighted by Crippen LogP contribution is -2.31. The summed E-state index contributed by atoms with van der Waals surface area (Å²) >= 11 is 0. The van der Waals surface area contributed by atoms with E-state index in [-0.39, 0.29) is 18.1 Å². The van der Waals surface area contributed by atoms with Crippen LogP contribution in [0.2, 0.25) is 0 Å². The second-order valence-corrected chi connectivity index (χ2v) is 6.49. The standard InChI is InChI=1S/C19H21N3O2/c23-19(15-8-11-21-18(13-15)24-16-3-1-4-16)22-12-2-5-17(22)14-6-9-20-10-7-14/h6-11,13,16-17H,1-5,12H2. The van der Waals surface area contributed by atoms with Crippen LogP contribution in [0.4, 0.5) is 0 Å². The number of pyridine rings is 2. The van der Waals surface area contributed by atoms with E-state index in [1.807, 2.05) is 17.0 Å². The van der Waals surface area contributed by atoms with Crippen LogP contribution in [0.15, 0.2) is 42.9 Å². The summed E-state index contributed by atoms with van der Waals surface area (Å²) in [6, 6.07) is 7.67. The number of amides is 1. The molecule has 2 aromatic heterocycles. The number of carbonyl (C=O) groups is 1. The Morgan fingerprint density at radius 2 is 1.92 bits per heavy atom.